The van der Waals surface area contributed by atoms with Gasteiger partial charge in [-0.15, -0.1) is 0 Å². The van der Waals surface area contributed by atoms with E-state index in [1.165, 1.54) is 13.0 Å². The summed E-state index contributed by atoms with van der Waals surface area (Å²) in [7, 11) is 0. The molecule has 0 aliphatic carbocycles. The minimum Gasteiger partial charge on any atom is -0.387 e. The summed E-state index contributed by atoms with van der Waals surface area (Å²) >= 11 is 0. The van der Waals surface area contributed by atoms with Crippen molar-refractivity contribution in [2.45, 2.75) is 51.7 Å². The van der Waals surface area contributed by atoms with Crippen molar-refractivity contribution in [3.05, 3.63) is 41.1 Å². The number of halogens is 3. The highest BCUT2D eigenvalue weighted by molar-refractivity contribution is 5.77. The molecule has 3 rings (SSSR count). The fraction of sp³-hybridized carbons (Fsp3) is 0.500. The summed E-state index contributed by atoms with van der Waals surface area (Å²) in [5.41, 5.74) is 0.485. The molecule has 1 aromatic carbocycles. The molecule has 1 aliphatic rings. The molecule has 7 nitrogen and oxygen atoms in total. The van der Waals surface area contributed by atoms with Gasteiger partial charge in [0.05, 0.1) is 5.56 Å². The highest BCUT2D eigenvalue weighted by Crippen LogP contribution is 2.34. The number of carbonyl (C=O) groups excluding carboxylic acids is 1. The number of nitrogens with one attached hydrogen (secondary N) is 2. The van der Waals surface area contributed by atoms with Crippen LogP contribution >= 0.6 is 0 Å². The molecule has 1 atom stereocenters. The van der Waals surface area contributed by atoms with Gasteiger partial charge in [-0.3, -0.25) is 4.79 Å². The molecule has 0 saturated carbocycles. The number of carbonyl (C=O) groups is 1. The lowest BCUT2D eigenvalue weighted by atomic mass is 10.1. The van der Waals surface area contributed by atoms with E-state index in [2.05, 4.69) is 20.6 Å². The van der Waals surface area contributed by atoms with E-state index in [4.69, 9.17) is 5.11 Å². The van der Waals surface area contributed by atoms with Crippen molar-refractivity contribution < 1.29 is 23.1 Å². The molecule has 2 aromatic rings. The van der Waals surface area contributed by atoms with Crippen LogP contribution in [0.1, 0.15) is 43.0 Å². The summed E-state index contributed by atoms with van der Waals surface area (Å²) in [6.45, 7) is 4.14. The first-order valence-electron chi connectivity index (χ1n) is 10.7. The average molecular weight is 451 g/mol. The number of aromatic nitrogens is 2. The second kappa shape index (κ2) is 10.2. The Morgan fingerprint density at radius 3 is 2.75 bits per heavy atom. The number of aliphatic hydroxyl groups excluding tert-OH is 1. The molecule has 3 N–H and O–H groups in total. The number of nitrogens with zero attached hydrogens (tertiary/aromatic N) is 3. The Hall–Kier alpha value is -2.88. The molecule has 174 valence electrons. The zero-order valence-electron chi connectivity index (χ0n) is 18.2. The van der Waals surface area contributed by atoms with E-state index in [-0.39, 0.29) is 23.2 Å². The topological polar surface area (TPSA) is 90.4 Å². The minimum atomic E-state index is -4.44. The van der Waals surface area contributed by atoms with Gasteiger partial charge in [0.25, 0.3) is 0 Å². The number of aliphatic hydroxyl groups is 1. The third kappa shape index (κ3) is 6.09. The quantitative estimate of drug-likeness (QED) is 0.596. The van der Waals surface area contributed by atoms with Crippen LogP contribution in [0.5, 0.6) is 0 Å². The molecule has 1 fully saturated rings. The summed E-state index contributed by atoms with van der Waals surface area (Å²) < 4.78 is 39.8. The van der Waals surface area contributed by atoms with E-state index in [1.54, 1.807) is 6.07 Å². The van der Waals surface area contributed by atoms with Crippen LogP contribution in [-0.2, 0) is 17.4 Å². The standard InChI is InChI=1S/C22H28F3N5O2/c1-3-5-15-11-19(30-9-4-6-17(12-30)26-20(32)13-31)29-21(27-15)28-16-8-7-14(2)18(10-16)22(23,24)25/h7-8,10-11,17,31H,3-6,9,12-13H2,1-2H3,(H,26,32)(H,27,28,29). The molecule has 1 aromatic heterocycles. The molecule has 2 heterocycles. The summed E-state index contributed by atoms with van der Waals surface area (Å²) in [5.74, 6) is 0.454. The molecule has 1 amide bonds. The van der Waals surface area contributed by atoms with E-state index in [1.807, 2.05) is 17.9 Å². The first kappa shape index (κ1) is 23.8. The maximum atomic E-state index is 13.3. The zero-order chi connectivity index (χ0) is 23.3. The third-order valence-electron chi connectivity index (χ3n) is 5.33. The molecule has 1 saturated heterocycles. The maximum absolute atomic E-state index is 13.3. The lowest BCUT2D eigenvalue weighted by molar-refractivity contribution is -0.138. The zero-order valence-corrected chi connectivity index (χ0v) is 18.2. The molecular weight excluding hydrogens is 423 g/mol. The number of rotatable bonds is 7. The fourth-order valence-corrected chi connectivity index (χ4v) is 3.80. The van der Waals surface area contributed by atoms with Crippen molar-refractivity contribution in [1.29, 1.82) is 0 Å². The summed E-state index contributed by atoms with van der Waals surface area (Å²) in [6, 6.07) is 5.81. The Morgan fingerprint density at radius 1 is 1.28 bits per heavy atom. The van der Waals surface area contributed by atoms with Gasteiger partial charge in [-0.05, 0) is 43.9 Å². The predicted octanol–water partition coefficient (Wildman–Crippen LogP) is 3.58. The minimum absolute atomic E-state index is 0.115. The van der Waals surface area contributed by atoms with Gasteiger partial charge in [0.15, 0.2) is 0 Å². The lowest BCUT2D eigenvalue weighted by Gasteiger charge is -2.34. The average Bonchev–Trinajstić information content (AvgIpc) is 2.74. The molecule has 1 unspecified atom stereocenters. The predicted molar refractivity (Wildman–Crippen MR) is 116 cm³/mol. The van der Waals surface area contributed by atoms with Crippen LogP contribution < -0.4 is 15.5 Å². The van der Waals surface area contributed by atoms with Crippen molar-refractivity contribution in [2.75, 3.05) is 29.9 Å². The van der Waals surface area contributed by atoms with Gasteiger partial charge in [0, 0.05) is 36.6 Å². The van der Waals surface area contributed by atoms with Gasteiger partial charge in [-0.25, -0.2) is 4.98 Å². The van der Waals surface area contributed by atoms with Crippen molar-refractivity contribution in [2.24, 2.45) is 0 Å². The van der Waals surface area contributed by atoms with Crippen LogP contribution in [0.25, 0.3) is 0 Å². The van der Waals surface area contributed by atoms with E-state index in [0.29, 0.717) is 18.8 Å². The van der Waals surface area contributed by atoms with E-state index < -0.39 is 24.3 Å². The maximum Gasteiger partial charge on any atom is 0.416 e. The van der Waals surface area contributed by atoms with Crippen molar-refractivity contribution in [1.82, 2.24) is 15.3 Å². The first-order chi connectivity index (χ1) is 15.2. The highest BCUT2D eigenvalue weighted by atomic mass is 19.4. The van der Waals surface area contributed by atoms with Crippen LogP contribution in [0, 0.1) is 6.92 Å². The largest absolute Gasteiger partial charge is 0.416 e. The van der Waals surface area contributed by atoms with Gasteiger partial charge in [0.1, 0.15) is 12.4 Å². The normalized spacial score (nSPS) is 16.7. The second-order valence-corrected chi connectivity index (χ2v) is 7.95. The Labute approximate surface area is 185 Å². The van der Waals surface area contributed by atoms with Gasteiger partial charge < -0.3 is 20.6 Å². The van der Waals surface area contributed by atoms with Crippen molar-refractivity contribution in [3.63, 3.8) is 0 Å². The molecule has 0 bridgehead atoms. The SMILES string of the molecule is CCCc1cc(N2CCCC(NC(=O)CO)C2)nc(Nc2ccc(C)c(C(F)(F)F)c2)n1. The summed E-state index contributed by atoms with van der Waals surface area (Å²) in [4.78, 5) is 22.6. The van der Waals surface area contributed by atoms with Crippen molar-refractivity contribution in [3.8, 4) is 0 Å². The van der Waals surface area contributed by atoms with Crippen LogP contribution in [0.15, 0.2) is 24.3 Å². The first-order valence-corrected chi connectivity index (χ1v) is 10.7. The summed E-state index contributed by atoms with van der Waals surface area (Å²) in [5, 5.41) is 14.7. The fourth-order valence-electron chi connectivity index (χ4n) is 3.80. The van der Waals surface area contributed by atoms with Crippen LogP contribution in [-0.4, -0.2) is 46.7 Å². The van der Waals surface area contributed by atoms with Gasteiger partial charge in [-0.1, -0.05) is 19.4 Å². The molecule has 10 heteroatoms. The van der Waals surface area contributed by atoms with Gasteiger partial charge in [0.2, 0.25) is 11.9 Å². The summed E-state index contributed by atoms with van der Waals surface area (Å²) in [6.07, 6.45) is -1.26. The number of hydrogen-bond donors (Lipinski definition) is 3. The number of anilines is 3. The van der Waals surface area contributed by atoms with E-state index in [0.717, 1.165) is 37.6 Å². The van der Waals surface area contributed by atoms with Crippen LogP contribution in [0.4, 0.5) is 30.6 Å². The number of amides is 1. The van der Waals surface area contributed by atoms with Crippen molar-refractivity contribution >= 4 is 23.4 Å². The number of aryl methyl sites for hydroxylation is 2. The lowest BCUT2D eigenvalue weighted by Crippen LogP contribution is -2.48. The molecule has 0 radical (unpaired) electrons. The number of piperidine rings is 1. The Kier molecular flexibility index (Phi) is 7.55. The number of alkyl halides is 3. The third-order valence-corrected chi connectivity index (χ3v) is 5.33. The Balaban J connectivity index is 1.86. The van der Waals surface area contributed by atoms with Gasteiger partial charge >= 0.3 is 6.18 Å². The molecule has 0 spiro atoms. The molecular formula is C22H28F3N5O2. The Bertz CT molecular complexity index is 952. The number of hydrogen-bond acceptors (Lipinski definition) is 6. The van der Waals surface area contributed by atoms with E-state index >= 15 is 0 Å². The number of benzene rings is 1. The molecule has 1 aliphatic heterocycles. The van der Waals surface area contributed by atoms with Gasteiger partial charge in [-0.2, -0.15) is 18.2 Å². The second-order valence-electron chi connectivity index (χ2n) is 7.95. The highest BCUT2D eigenvalue weighted by Gasteiger charge is 2.32. The smallest absolute Gasteiger partial charge is 0.387 e. The molecule has 32 heavy (non-hydrogen) atoms. The van der Waals surface area contributed by atoms with E-state index in [9.17, 15) is 18.0 Å². The monoisotopic (exact) mass is 451 g/mol. The van der Waals surface area contributed by atoms with Crippen LogP contribution in [0.3, 0.4) is 0 Å². The van der Waals surface area contributed by atoms with Crippen LogP contribution in [0.2, 0.25) is 0 Å². The Morgan fingerprint density at radius 2 is 2.06 bits per heavy atom.